The summed E-state index contributed by atoms with van der Waals surface area (Å²) >= 11 is 11.7. The first-order valence-electron chi connectivity index (χ1n) is 5.42. The molecule has 0 saturated carbocycles. The molecule has 0 fully saturated rings. The van der Waals surface area contributed by atoms with Crippen LogP contribution in [0.3, 0.4) is 0 Å². The summed E-state index contributed by atoms with van der Waals surface area (Å²) in [6, 6.07) is 5.11. The minimum Gasteiger partial charge on any atom is -0.336 e. The maximum absolute atomic E-state index is 11.5. The van der Waals surface area contributed by atoms with Gasteiger partial charge in [-0.1, -0.05) is 29.3 Å². The van der Waals surface area contributed by atoms with Gasteiger partial charge in [0.2, 0.25) is 0 Å². The summed E-state index contributed by atoms with van der Waals surface area (Å²) in [5.41, 5.74) is 0.915. The first kappa shape index (κ1) is 14.1. The van der Waals surface area contributed by atoms with Gasteiger partial charge in [-0.25, -0.2) is 4.79 Å². The third-order valence-electron chi connectivity index (χ3n) is 2.21. The number of nitrogens with one attached hydrogen (secondary N) is 2. The predicted molar refractivity (Wildman–Crippen MR) is 71.7 cm³/mol. The van der Waals surface area contributed by atoms with E-state index in [1.54, 1.807) is 12.1 Å². The Kier molecular flexibility index (Phi) is 5.09. The number of amides is 2. The molecule has 1 atom stereocenters. The van der Waals surface area contributed by atoms with Crippen LogP contribution in [0.4, 0.5) is 4.79 Å². The van der Waals surface area contributed by atoms with Crippen LogP contribution in [0.2, 0.25) is 10.0 Å². The van der Waals surface area contributed by atoms with E-state index in [1.165, 1.54) is 0 Å². The monoisotopic (exact) mass is 274 g/mol. The van der Waals surface area contributed by atoms with Gasteiger partial charge in [0.25, 0.3) is 0 Å². The van der Waals surface area contributed by atoms with Gasteiger partial charge in [0.15, 0.2) is 0 Å². The summed E-state index contributed by atoms with van der Waals surface area (Å²) in [5, 5.41) is 6.58. The van der Waals surface area contributed by atoms with Gasteiger partial charge in [-0.2, -0.15) is 0 Å². The van der Waals surface area contributed by atoms with Crippen molar-refractivity contribution < 1.29 is 4.79 Å². The van der Waals surface area contributed by atoms with E-state index < -0.39 is 0 Å². The summed E-state index contributed by atoms with van der Waals surface area (Å²) in [5.74, 6) is 0. The van der Waals surface area contributed by atoms with E-state index in [2.05, 4.69) is 10.6 Å². The number of halogens is 2. The van der Waals surface area contributed by atoms with E-state index in [0.29, 0.717) is 10.0 Å². The van der Waals surface area contributed by atoms with Gasteiger partial charge in [-0.05, 0) is 38.5 Å². The Bertz CT molecular complexity index is 407. The van der Waals surface area contributed by atoms with Crippen LogP contribution in [-0.4, -0.2) is 12.1 Å². The molecule has 0 aromatic heterocycles. The van der Waals surface area contributed by atoms with Crippen molar-refractivity contribution in [3.05, 3.63) is 33.8 Å². The zero-order valence-electron chi connectivity index (χ0n) is 10.1. The van der Waals surface area contributed by atoms with Crippen molar-refractivity contribution in [1.82, 2.24) is 10.6 Å². The Morgan fingerprint density at radius 2 is 1.76 bits per heavy atom. The van der Waals surface area contributed by atoms with Crippen LogP contribution in [0.25, 0.3) is 0 Å². The minimum absolute atomic E-state index is 0.107. The molecule has 1 aromatic rings. The highest BCUT2D eigenvalue weighted by molar-refractivity contribution is 6.42. The Morgan fingerprint density at radius 1 is 1.12 bits per heavy atom. The molecule has 0 radical (unpaired) electrons. The van der Waals surface area contributed by atoms with Gasteiger partial charge in [0.05, 0.1) is 16.1 Å². The standard InChI is InChI=1S/C12H16Cl2N2O/c1-7(2)15-12(17)16-8(3)9-4-5-10(13)11(14)6-9/h4-8H,1-3H3,(H2,15,16,17)/t8-/m1/s1. The average Bonchev–Trinajstić information content (AvgIpc) is 2.20. The molecule has 0 spiro atoms. The molecule has 0 aliphatic heterocycles. The molecule has 0 unspecified atom stereocenters. The summed E-state index contributed by atoms with van der Waals surface area (Å²) in [6.07, 6.45) is 0. The quantitative estimate of drug-likeness (QED) is 0.866. The molecule has 0 saturated heterocycles. The first-order valence-corrected chi connectivity index (χ1v) is 6.17. The molecule has 0 bridgehead atoms. The Hall–Kier alpha value is -0.930. The van der Waals surface area contributed by atoms with Gasteiger partial charge in [0, 0.05) is 6.04 Å². The predicted octanol–water partition coefficient (Wildman–Crippen LogP) is 3.76. The number of carbonyl (C=O) groups excluding carboxylic acids is 1. The van der Waals surface area contributed by atoms with Gasteiger partial charge in [-0.15, -0.1) is 0 Å². The normalized spacial score (nSPS) is 12.4. The van der Waals surface area contributed by atoms with E-state index in [1.807, 2.05) is 26.8 Å². The van der Waals surface area contributed by atoms with Gasteiger partial charge < -0.3 is 10.6 Å². The van der Waals surface area contributed by atoms with E-state index in [4.69, 9.17) is 23.2 Å². The average molecular weight is 275 g/mol. The van der Waals surface area contributed by atoms with Crippen LogP contribution < -0.4 is 10.6 Å². The van der Waals surface area contributed by atoms with Crippen molar-refractivity contribution in [3.63, 3.8) is 0 Å². The lowest BCUT2D eigenvalue weighted by Gasteiger charge is -2.17. The zero-order chi connectivity index (χ0) is 13.0. The Balaban J connectivity index is 2.66. The highest BCUT2D eigenvalue weighted by Gasteiger charge is 2.11. The second-order valence-corrected chi connectivity index (χ2v) is 4.98. The Morgan fingerprint density at radius 3 is 2.29 bits per heavy atom. The SMILES string of the molecule is CC(C)NC(=O)N[C@H](C)c1ccc(Cl)c(Cl)c1. The molecule has 1 rings (SSSR count). The van der Waals surface area contributed by atoms with Crippen molar-refractivity contribution in [2.24, 2.45) is 0 Å². The number of urea groups is 1. The van der Waals surface area contributed by atoms with Crippen molar-refractivity contribution >= 4 is 29.2 Å². The number of carbonyl (C=O) groups is 1. The molecule has 0 aliphatic carbocycles. The highest BCUT2D eigenvalue weighted by Crippen LogP contribution is 2.25. The molecule has 0 aliphatic rings. The summed E-state index contributed by atoms with van der Waals surface area (Å²) < 4.78 is 0. The van der Waals surface area contributed by atoms with Crippen LogP contribution >= 0.6 is 23.2 Å². The van der Waals surface area contributed by atoms with E-state index in [9.17, 15) is 4.79 Å². The first-order chi connectivity index (χ1) is 7.90. The fourth-order valence-electron chi connectivity index (χ4n) is 1.37. The van der Waals surface area contributed by atoms with Crippen LogP contribution in [0.15, 0.2) is 18.2 Å². The largest absolute Gasteiger partial charge is 0.336 e. The fraction of sp³-hybridized carbons (Fsp3) is 0.417. The third-order valence-corrected chi connectivity index (χ3v) is 2.95. The molecule has 94 valence electrons. The summed E-state index contributed by atoms with van der Waals surface area (Å²) in [7, 11) is 0. The highest BCUT2D eigenvalue weighted by atomic mass is 35.5. The molecular weight excluding hydrogens is 259 g/mol. The van der Waals surface area contributed by atoms with Crippen molar-refractivity contribution in [1.29, 1.82) is 0 Å². The number of rotatable bonds is 3. The van der Waals surface area contributed by atoms with Gasteiger partial charge in [0.1, 0.15) is 0 Å². The van der Waals surface area contributed by atoms with Crippen LogP contribution in [0.5, 0.6) is 0 Å². The molecule has 5 heteroatoms. The number of benzene rings is 1. The van der Waals surface area contributed by atoms with Gasteiger partial charge >= 0.3 is 6.03 Å². The smallest absolute Gasteiger partial charge is 0.315 e. The second kappa shape index (κ2) is 6.12. The molecule has 1 aromatic carbocycles. The van der Waals surface area contributed by atoms with E-state index in [0.717, 1.165) is 5.56 Å². The minimum atomic E-state index is -0.196. The molecule has 0 heterocycles. The zero-order valence-corrected chi connectivity index (χ0v) is 11.6. The summed E-state index contributed by atoms with van der Waals surface area (Å²) in [6.45, 7) is 5.70. The molecular formula is C12H16Cl2N2O. The van der Waals surface area contributed by atoms with Crippen molar-refractivity contribution in [2.45, 2.75) is 32.9 Å². The Labute approximate surface area is 111 Å². The number of hydrogen-bond donors (Lipinski definition) is 2. The molecule has 2 N–H and O–H groups in total. The van der Waals surface area contributed by atoms with Crippen LogP contribution in [0.1, 0.15) is 32.4 Å². The molecule has 3 nitrogen and oxygen atoms in total. The fourth-order valence-corrected chi connectivity index (χ4v) is 1.67. The van der Waals surface area contributed by atoms with Crippen LogP contribution in [0, 0.1) is 0 Å². The van der Waals surface area contributed by atoms with E-state index >= 15 is 0 Å². The molecule has 17 heavy (non-hydrogen) atoms. The van der Waals surface area contributed by atoms with Crippen LogP contribution in [-0.2, 0) is 0 Å². The topological polar surface area (TPSA) is 41.1 Å². The maximum Gasteiger partial charge on any atom is 0.315 e. The lowest BCUT2D eigenvalue weighted by molar-refractivity contribution is 0.235. The molecule has 2 amide bonds. The third kappa shape index (κ3) is 4.44. The van der Waals surface area contributed by atoms with Crippen molar-refractivity contribution in [3.8, 4) is 0 Å². The second-order valence-electron chi connectivity index (χ2n) is 4.17. The van der Waals surface area contributed by atoms with E-state index in [-0.39, 0.29) is 18.1 Å². The van der Waals surface area contributed by atoms with Crippen molar-refractivity contribution in [2.75, 3.05) is 0 Å². The lowest BCUT2D eigenvalue weighted by atomic mass is 10.1. The summed E-state index contributed by atoms with van der Waals surface area (Å²) in [4.78, 5) is 11.5. The maximum atomic E-state index is 11.5. The lowest BCUT2D eigenvalue weighted by Crippen LogP contribution is -2.40. The van der Waals surface area contributed by atoms with Gasteiger partial charge in [-0.3, -0.25) is 0 Å². The number of hydrogen-bond acceptors (Lipinski definition) is 1.